The van der Waals surface area contributed by atoms with E-state index in [2.05, 4.69) is 10.6 Å². The number of hydrogen-bond acceptors (Lipinski definition) is 9. The van der Waals surface area contributed by atoms with E-state index in [1.807, 2.05) is 0 Å². The molecule has 0 aromatic carbocycles. The van der Waals surface area contributed by atoms with E-state index in [4.69, 9.17) is 9.85 Å². The molecule has 0 saturated heterocycles. The van der Waals surface area contributed by atoms with E-state index < -0.39 is 24.6 Å². The van der Waals surface area contributed by atoms with Crippen molar-refractivity contribution in [3.8, 4) is 0 Å². The first kappa shape index (κ1) is 30.7. The highest BCUT2D eigenvalue weighted by Gasteiger charge is 2.14. The molecule has 0 unspecified atom stereocenters. The van der Waals surface area contributed by atoms with Gasteiger partial charge in [-0.05, 0) is 57.9 Å². The van der Waals surface area contributed by atoms with Crippen LogP contribution in [0.3, 0.4) is 0 Å². The van der Waals surface area contributed by atoms with Crippen molar-refractivity contribution < 1.29 is 43.7 Å². The number of amides is 5. The molecule has 0 aliphatic carbocycles. The Balaban J connectivity index is 3.81. The topological polar surface area (TPSA) is 206 Å². The van der Waals surface area contributed by atoms with E-state index in [1.54, 1.807) is 0 Å². The summed E-state index contributed by atoms with van der Waals surface area (Å²) in [5.41, 5.74) is 5.39. The van der Waals surface area contributed by atoms with Crippen molar-refractivity contribution in [2.75, 3.05) is 39.3 Å². The second kappa shape index (κ2) is 23.1. The molecule has 0 heterocycles. The van der Waals surface area contributed by atoms with Gasteiger partial charge in [-0.15, -0.1) is 0 Å². The largest absolute Gasteiger partial charge is 0.356 e. The van der Waals surface area contributed by atoms with Crippen molar-refractivity contribution in [2.45, 2.75) is 90.3 Å². The second-order valence-corrected chi connectivity index (χ2v) is 9.13. The zero-order valence-electron chi connectivity index (χ0n) is 25.7. The molecule has 0 bridgehead atoms. The molecule has 14 heteroatoms. The molecule has 0 aromatic rings. The normalized spacial score (nSPS) is 12.1. The number of unbranched alkanes of at least 4 members (excludes halogenated alkanes) is 6. The van der Waals surface area contributed by atoms with Gasteiger partial charge < -0.3 is 16.4 Å². The van der Waals surface area contributed by atoms with Gasteiger partial charge in [0.25, 0.3) is 0 Å². The molecule has 0 aliphatic rings. The lowest BCUT2D eigenvalue weighted by molar-refractivity contribution is -0.166. The fourth-order valence-corrected chi connectivity index (χ4v) is 3.39. The van der Waals surface area contributed by atoms with Crippen LogP contribution in [-0.4, -0.2) is 99.6 Å². The first-order chi connectivity index (χ1) is 19.8. The molecule has 0 saturated carbocycles. The minimum Gasteiger partial charge on any atom is -0.356 e. The molecule has 7 N–H and O–H groups in total. The van der Waals surface area contributed by atoms with Gasteiger partial charge in [-0.3, -0.25) is 39.6 Å². The molecule has 226 valence electrons. The molecular formula is C25H48N6O8. The summed E-state index contributed by atoms with van der Waals surface area (Å²) in [6.07, 6.45) is 4.95. The summed E-state index contributed by atoms with van der Waals surface area (Å²) < 4.78 is 20.8. The van der Waals surface area contributed by atoms with Crippen molar-refractivity contribution >= 4 is 29.5 Å². The summed E-state index contributed by atoms with van der Waals surface area (Å²) in [4.78, 5) is 58.9. The molecule has 0 rings (SSSR count). The van der Waals surface area contributed by atoms with Crippen molar-refractivity contribution in [3.05, 3.63) is 0 Å². The summed E-state index contributed by atoms with van der Waals surface area (Å²) in [6, 6.07) is 0. The van der Waals surface area contributed by atoms with E-state index >= 15 is 0 Å². The first-order valence-corrected chi connectivity index (χ1v) is 13.5. The Labute approximate surface area is 234 Å². The number of rotatable bonds is 23. The summed E-state index contributed by atoms with van der Waals surface area (Å²) in [7, 11) is 0. The molecule has 0 fully saturated rings. The van der Waals surface area contributed by atoms with Crippen molar-refractivity contribution in [1.29, 1.82) is 0 Å². The number of hydroxylamine groups is 6. The number of nitrogens with zero attached hydrogens (tertiary/aromatic N) is 3. The molecule has 14 nitrogen and oxygen atoms in total. The molecular weight excluding hydrogens is 513 g/mol. The third kappa shape index (κ3) is 20.8. The van der Waals surface area contributed by atoms with Crippen LogP contribution in [0.1, 0.15) is 94.4 Å². The standard InChI is InChI=1S/C25H48N6O8/c1-21(32)29(37)18-9-3-6-16-27-22(33)12-14-25(36)31(39)20-10-4-7-17-28-23(34)11-13-24(35)30(38)19-8-2-5-15-26/h37-39H,2-20,26H2,1H3,(H,27,33)(H,28,34)/i1D3,21+1. The molecule has 39 heavy (non-hydrogen) atoms. The van der Waals surface area contributed by atoms with Gasteiger partial charge >= 0.3 is 0 Å². The van der Waals surface area contributed by atoms with Gasteiger partial charge in [0.2, 0.25) is 29.5 Å². The molecule has 0 radical (unpaired) electrons. The van der Waals surface area contributed by atoms with Gasteiger partial charge in [-0.2, -0.15) is 0 Å². The van der Waals surface area contributed by atoms with E-state index in [-0.39, 0.29) is 62.2 Å². The molecule has 0 aromatic heterocycles. The van der Waals surface area contributed by atoms with Crippen LogP contribution in [0.25, 0.3) is 0 Å². The summed E-state index contributed by atoms with van der Waals surface area (Å²) in [6.45, 7) is -1.53. The Morgan fingerprint density at radius 2 is 1.03 bits per heavy atom. The van der Waals surface area contributed by atoms with E-state index in [0.29, 0.717) is 74.7 Å². The van der Waals surface area contributed by atoms with Gasteiger partial charge in [-0.1, -0.05) is 6.42 Å². The Hall–Kier alpha value is -2.81. The minimum absolute atomic E-state index is 0.0374. The Kier molecular flexibility index (Phi) is 18.2. The van der Waals surface area contributed by atoms with Crippen LogP contribution in [-0.2, 0) is 24.0 Å². The zero-order valence-corrected chi connectivity index (χ0v) is 22.7. The average molecular weight is 565 g/mol. The van der Waals surface area contributed by atoms with Crippen LogP contribution >= 0.6 is 0 Å². The predicted molar refractivity (Wildman–Crippen MR) is 141 cm³/mol. The lowest BCUT2D eigenvalue weighted by atomic mass is 10.2. The number of carbonyl (C=O) groups excluding carboxylic acids is 5. The Morgan fingerprint density at radius 1 is 0.615 bits per heavy atom. The molecule has 0 atom stereocenters. The Bertz CT molecular complexity index is 834. The van der Waals surface area contributed by atoms with Gasteiger partial charge in [0.1, 0.15) is 0 Å². The molecule has 0 aliphatic heterocycles. The lowest BCUT2D eigenvalue weighted by Gasteiger charge is -2.15. The molecule has 0 spiro atoms. The summed E-state index contributed by atoms with van der Waals surface area (Å²) in [5, 5.41) is 35.6. The van der Waals surface area contributed by atoms with Crippen molar-refractivity contribution in [3.63, 3.8) is 0 Å². The van der Waals surface area contributed by atoms with E-state index in [0.717, 1.165) is 12.8 Å². The summed E-state index contributed by atoms with van der Waals surface area (Å²) >= 11 is 0. The monoisotopic (exact) mass is 564 g/mol. The third-order valence-electron chi connectivity index (χ3n) is 5.75. The Morgan fingerprint density at radius 3 is 1.44 bits per heavy atom. The van der Waals surface area contributed by atoms with Crippen LogP contribution in [0.4, 0.5) is 0 Å². The highest BCUT2D eigenvalue weighted by molar-refractivity contribution is 5.83. The van der Waals surface area contributed by atoms with Crippen molar-refractivity contribution in [1.82, 2.24) is 25.8 Å². The maximum atomic E-state index is 12.0. The minimum atomic E-state index is -2.90. The smallest absolute Gasteiger partial charge is 0.246 e. The average Bonchev–Trinajstić information content (AvgIpc) is 2.94. The highest BCUT2D eigenvalue weighted by atomic mass is 16.5. The summed E-state index contributed by atoms with van der Waals surface area (Å²) in [5.74, 6) is -3.13. The predicted octanol–water partition coefficient (Wildman–Crippen LogP) is 0.922. The lowest BCUT2D eigenvalue weighted by Crippen LogP contribution is -2.31. The SMILES string of the molecule is [2H]C([2H])([2H])[13C](=O)N(O)CCCCCNC(=O)CCC(=O)N(O)CCCCCNC(=O)CCC(=O)N(O)CCCCCN. The van der Waals surface area contributed by atoms with Crippen LogP contribution in [0.5, 0.6) is 0 Å². The van der Waals surface area contributed by atoms with Gasteiger partial charge in [0.15, 0.2) is 0 Å². The second-order valence-electron chi connectivity index (χ2n) is 9.13. The fourth-order valence-electron chi connectivity index (χ4n) is 3.39. The van der Waals surface area contributed by atoms with Gasteiger partial charge in [0, 0.05) is 69.4 Å². The molecule has 5 amide bonds. The number of hydrogen-bond donors (Lipinski definition) is 6. The van der Waals surface area contributed by atoms with Crippen LogP contribution < -0.4 is 16.4 Å². The van der Waals surface area contributed by atoms with Crippen LogP contribution in [0.15, 0.2) is 0 Å². The van der Waals surface area contributed by atoms with Gasteiger partial charge in [0.05, 0.1) is 0 Å². The van der Waals surface area contributed by atoms with Crippen LogP contribution in [0.2, 0.25) is 0 Å². The highest BCUT2D eigenvalue weighted by Crippen LogP contribution is 2.03. The van der Waals surface area contributed by atoms with Crippen LogP contribution in [0, 0.1) is 0 Å². The first-order valence-electron chi connectivity index (χ1n) is 15.0. The quantitative estimate of drug-likeness (QED) is 0.0451. The number of nitrogens with one attached hydrogen (secondary N) is 2. The van der Waals surface area contributed by atoms with E-state index in [9.17, 15) is 39.6 Å². The van der Waals surface area contributed by atoms with E-state index in [1.165, 1.54) is 0 Å². The zero-order chi connectivity index (χ0) is 32.0. The van der Waals surface area contributed by atoms with Gasteiger partial charge in [-0.25, -0.2) is 15.2 Å². The third-order valence-corrected chi connectivity index (χ3v) is 5.75. The van der Waals surface area contributed by atoms with Crippen molar-refractivity contribution in [2.24, 2.45) is 5.73 Å². The maximum absolute atomic E-state index is 12.0. The number of carbonyl (C=O) groups is 5. The number of nitrogens with two attached hydrogens (primary N) is 1. The maximum Gasteiger partial charge on any atom is 0.246 e. The fraction of sp³-hybridized carbons (Fsp3) is 0.800.